The highest BCUT2D eigenvalue weighted by atomic mass is 79.9. The maximum absolute atomic E-state index is 11.6. The molecule has 4 heteroatoms. The number of amides is 1. The molecular weight excluding hydrogens is 280 g/mol. The number of rotatable bonds is 6. The Morgan fingerprint density at radius 1 is 1.29 bits per heavy atom. The van der Waals surface area contributed by atoms with Gasteiger partial charge in [-0.2, -0.15) is 0 Å². The lowest BCUT2D eigenvalue weighted by Gasteiger charge is -2.06. The summed E-state index contributed by atoms with van der Waals surface area (Å²) < 4.78 is 1.01. The molecule has 3 nitrogen and oxygen atoms in total. The second-order valence-corrected chi connectivity index (χ2v) is 5.38. The average Bonchev–Trinajstić information content (AvgIpc) is 3.12. The fourth-order valence-corrected chi connectivity index (χ4v) is 1.92. The van der Waals surface area contributed by atoms with Gasteiger partial charge < -0.3 is 10.6 Å². The molecular formula is C13H17BrN2O. The predicted octanol–water partition coefficient (Wildman–Crippen LogP) is 2.78. The van der Waals surface area contributed by atoms with Crippen LogP contribution in [-0.4, -0.2) is 19.0 Å². The van der Waals surface area contributed by atoms with Gasteiger partial charge in [-0.15, -0.1) is 0 Å². The highest BCUT2D eigenvalue weighted by Gasteiger charge is 2.20. The number of hydrogen-bond acceptors (Lipinski definition) is 2. The number of carbonyl (C=O) groups is 1. The summed E-state index contributed by atoms with van der Waals surface area (Å²) in [6, 6.07) is 7.59. The Hall–Kier alpha value is -0.870. The molecule has 1 aromatic carbocycles. The van der Waals surface area contributed by atoms with Gasteiger partial charge in [0.1, 0.15) is 0 Å². The quantitative estimate of drug-likeness (QED) is 0.793. The minimum absolute atomic E-state index is 0.0168. The Bertz CT molecular complexity index is 374. The molecule has 17 heavy (non-hydrogen) atoms. The molecule has 0 saturated heterocycles. The summed E-state index contributed by atoms with van der Waals surface area (Å²) in [6.07, 6.45) is 3.94. The van der Waals surface area contributed by atoms with Crippen molar-refractivity contribution in [2.24, 2.45) is 5.92 Å². The Kier molecular flexibility index (Phi) is 4.57. The molecule has 0 atom stereocenters. The number of hydrogen-bond donors (Lipinski definition) is 2. The first-order chi connectivity index (χ1) is 8.24. The molecule has 1 aromatic rings. The van der Waals surface area contributed by atoms with Crippen molar-refractivity contribution in [1.82, 2.24) is 5.32 Å². The van der Waals surface area contributed by atoms with Crippen LogP contribution in [0, 0.1) is 5.92 Å². The molecule has 0 aromatic heterocycles. The van der Waals surface area contributed by atoms with E-state index in [0.29, 0.717) is 6.54 Å². The predicted molar refractivity (Wildman–Crippen MR) is 73.0 cm³/mol. The monoisotopic (exact) mass is 296 g/mol. The fourth-order valence-electron chi connectivity index (χ4n) is 1.65. The molecule has 1 saturated carbocycles. The van der Waals surface area contributed by atoms with Crippen LogP contribution in [0.3, 0.4) is 0 Å². The maximum Gasteiger partial charge on any atom is 0.238 e. The van der Waals surface area contributed by atoms with Crippen LogP contribution in [0.4, 0.5) is 5.69 Å². The van der Waals surface area contributed by atoms with Gasteiger partial charge in [-0.3, -0.25) is 4.79 Å². The van der Waals surface area contributed by atoms with E-state index in [1.165, 1.54) is 19.3 Å². The number of carbonyl (C=O) groups excluding carboxylic acids is 1. The van der Waals surface area contributed by atoms with Crippen molar-refractivity contribution in [1.29, 1.82) is 0 Å². The first-order valence-electron chi connectivity index (χ1n) is 6.00. The molecule has 2 N–H and O–H groups in total. The minimum Gasteiger partial charge on any atom is -0.325 e. The average molecular weight is 297 g/mol. The van der Waals surface area contributed by atoms with Crippen molar-refractivity contribution in [2.75, 3.05) is 18.4 Å². The Labute approximate surface area is 110 Å². The SMILES string of the molecule is O=C(CNCCC1CC1)Nc1ccc(Br)cc1. The molecule has 1 aliphatic carbocycles. The van der Waals surface area contributed by atoms with Gasteiger partial charge in [0.05, 0.1) is 6.54 Å². The summed E-state index contributed by atoms with van der Waals surface area (Å²) in [5, 5.41) is 6.02. The van der Waals surface area contributed by atoms with Crippen molar-refractivity contribution in [3.05, 3.63) is 28.7 Å². The van der Waals surface area contributed by atoms with Crippen molar-refractivity contribution in [3.63, 3.8) is 0 Å². The first-order valence-corrected chi connectivity index (χ1v) is 6.79. The van der Waals surface area contributed by atoms with Gasteiger partial charge in [-0.25, -0.2) is 0 Å². The Morgan fingerprint density at radius 2 is 2.00 bits per heavy atom. The van der Waals surface area contributed by atoms with Gasteiger partial charge in [0, 0.05) is 10.2 Å². The third-order valence-corrected chi connectivity index (χ3v) is 3.37. The van der Waals surface area contributed by atoms with E-state index in [-0.39, 0.29) is 5.91 Å². The van der Waals surface area contributed by atoms with E-state index in [4.69, 9.17) is 0 Å². The van der Waals surface area contributed by atoms with Gasteiger partial charge >= 0.3 is 0 Å². The largest absolute Gasteiger partial charge is 0.325 e. The van der Waals surface area contributed by atoms with Gasteiger partial charge in [-0.1, -0.05) is 28.8 Å². The zero-order valence-corrected chi connectivity index (χ0v) is 11.3. The van der Waals surface area contributed by atoms with Crippen LogP contribution < -0.4 is 10.6 Å². The molecule has 1 fully saturated rings. The summed E-state index contributed by atoms with van der Waals surface area (Å²) in [5.74, 6) is 0.931. The van der Waals surface area contributed by atoms with Crippen LogP contribution in [0.2, 0.25) is 0 Å². The first kappa shape index (κ1) is 12.6. The lowest BCUT2D eigenvalue weighted by atomic mass is 10.3. The van der Waals surface area contributed by atoms with E-state index in [2.05, 4.69) is 26.6 Å². The third-order valence-electron chi connectivity index (χ3n) is 2.84. The van der Waals surface area contributed by atoms with Crippen molar-refractivity contribution < 1.29 is 4.79 Å². The van der Waals surface area contributed by atoms with Crippen LogP contribution >= 0.6 is 15.9 Å². The normalized spacial score (nSPS) is 14.6. The van der Waals surface area contributed by atoms with Crippen LogP contribution in [-0.2, 0) is 4.79 Å². The minimum atomic E-state index is 0.0168. The lowest BCUT2D eigenvalue weighted by Crippen LogP contribution is -2.28. The second kappa shape index (κ2) is 6.17. The van der Waals surface area contributed by atoms with E-state index in [9.17, 15) is 4.79 Å². The highest BCUT2D eigenvalue weighted by Crippen LogP contribution is 2.31. The van der Waals surface area contributed by atoms with Crippen molar-refractivity contribution >= 4 is 27.5 Å². The summed E-state index contributed by atoms with van der Waals surface area (Å²) >= 11 is 3.36. The fraction of sp³-hybridized carbons (Fsp3) is 0.462. The smallest absolute Gasteiger partial charge is 0.238 e. The molecule has 0 spiro atoms. The number of benzene rings is 1. The van der Waals surface area contributed by atoms with Crippen LogP contribution in [0.1, 0.15) is 19.3 Å². The van der Waals surface area contributed by atoms with Gasteiger partial charge in [0.15, 0.2) is 0 Å². The summed E-state index contributed by atoms with van der Waals surface area (Å²) in [6.45, 7) is 1.33. The molecule has 0 unspecified atom stereocenters. The van der Waals surface area contributed by atoms with Crippen molar-refractivity contribution in [2.45, 2.75) is 19.3 Å². The highest BCUT2D eigenvalue weighted by molar-refractivity contribution is 9.10. The van der Waals surface area contributed by atoms with E-state index in [0.717, 1.165) is 22.6 Å². The molecule has 1 amide bonds. The van der Waals surface area contributed by atoms with Crippen molar-refractivity contribution in [3.8, 4) is 0 Å². The number of nitrogens with one attached hydrogen (secondary N) is 2. The summed E-state index contributed by atoms with van der Waals surface area (Å²) in [4.78, 5) is 11.6. The molecule has 0 heterocycles. The summed E-state index contributed by atoms with van der Waals surface area (Å²) in [7, 11) is 0. The van der Waals surface area contributed by atoms with Crippen LogP contribution in [0.25, 0.3) is 0 Å². The number of halogens is 1. The standard InChI is InChI=1S/C13H17BrN2O/c14-11-3-5-12(6-4-11)16-13(17)9-15-8-7-10-1-2-10/h3-6,10,15H,1-2,7-9H2,(H,16,17). The molecule has 1 aliphatic rings. The molecule has 92 valence electrons. The van der Waals surface area contributed by atoms with E-state index < -0.39 is 0 Å². The Balaban J connectivity index is 1.63. The lowest BCUT2D eigenvalue weighted by molar-refractivity contribution is -0.115. The number of anilines is 1. The maximum atomic E-state index is 11.6. The van der Waals surface area contributed by atoms with Crippen LogP contribution in [0.15, 0.2) is 28.7 Å². The van der Waals surface area contributed by atoms with Gasteiger partial charge in [0.25, 0.3) is 0 Å². The topological polar surface area (TPSA) is 41.1 Å². The van der Waals surface area contributed by atoms with E-state index >= 15 is 0 Å². The summed E-state index contributed by atoms with van der Waals surface area (Å²) in [5.41, 5.74) is 0.835. The van der Waals surface area contributed by atoms with Crippen LogP contribution in [0.5, 0.6) is 0 Å². The molecule has 2 rings (SSSR count). The molecule has 0 radical (unpaired) electrons. The zero-order chi connectivity index (χ0) is 12.1. The van der Waals surface area contributed by atoms with Gasteiger partial charge in [0.2, 0.25) is 5.91 Å². The second-order valence-electron chi connectivity index (χ2n) is 4.46. The molecule has 0 bridgehead atoms. The van der Waals surface area contributed by atoms with E-state index in [1.807, 2.05) is 24.3 Å². The van der Waals surface area contributed by atoms with E-state index in [1.54, 1.807) is 0 Å². The Morgan fingerprint density at radius 3 is 2.65 bits per heavy atom. The zero-order valence-electron chi connectivity index (χ0n) is 9.71. The molecule has 0 aliphatic heterocycles. The third kappa shape index (κ3) is 4.88. The van der Waals surface area contributed by atoms with Gasteiger partial charge in [-0.05, 0) is 43.1 Å².